The molecule has 0 saturated carbocycles. The Morgan fingerprint density at radius 2 is 2.04 bits per heavy atom. The second-order valence-electron chi connectivity index (χ2n) is 7.09. The quantitative estimate of drug-likeness (QED) is 0.909. The molecule has 0 radical (unpaired) electrons. The highest BCUT2D eigenvalue weighted by molar-refractivity contribution is 5.73. The second-order valence-corrected chi connectivity index (χ2v) is 7.09. The van der Waals surface area contributed by atoms with Gasteiger partial charge in [0.15, 0.2) is 0 Å². The van der Waals surface area contributed by atoms with E-state index in [9.17, 15) is 9.59 Å². The first kappa shape index (κ1) is 17.0. The zero-order chi connectivity index (χ0) is 17.1. The number of ether oxygens (including phenoxy) is 1. The molecule has 1 fully saturated rings. The molecule has 6 heteroatoms. The number of pyridine rings is 1. The van der Waals surface area contributed by atoms with Crippen LogP contribution in [0.3, 0.4) is 0 Å². The van der Waals surface area contributed by atoms with E-state index in [4.69, 9.17) is 4.74 Å². The predicted octanol–water partition coefficient (Wildman–Crippen LogP) is 1.40. The molecule has 0 aromatic carbocycles. The zero-order valence-electron chi connectivity index (χ0n) is 14.6. The fraction of sp³-hybridized carbons (Fsp3) is 0.667. The molecule has 0 unspecified atom stereocenters. The van der Waals surface area contributed by atoms with Gasteiger partial charge in [0.05, 0.1) is 0 Å². The van der Waals surface area contributed by atoms with Crippen molar-refractivity contribution in [1.82, 2.24) is 14.8 Å². The third-order valence-electron chi connectivity index (χ3n) is 5.10. The number of urea groups is 1. The Kier molecular flexibility index (Phi) is 5.23. The zero-order valence-corrected chi connectivity index (χ0v) is 14.6. The fourth-order valence-electron chi connectivity index (χ4n) is 3.64. The molecule has 2 aliphatic rings. The van der Waals surface area contributed by atoms with Gasteiger partial charge < -0.3 is 19.5 Å². The van der Waals surface area contributed by atoms with Crippen LogP contribution in [0.1, 0.15) is 30.5 Å². The molecule has 132 valence electrons. The van der Waals surface area contributed by atoms with E-state index in [0.717, 1.165) is 57.6 Å². The van der Waals surface area contributed by atoms with E-state index in [1.54, 1.807) is 25.1 Å². The molecule has 3 rings (SSSR count). The smallest absolute Gasteiger partial charge is 0.317 e. The molecule has 0 bridgehead atoms. The lowest BCUT2D eigenvalue weighted by atomic mass is 9.90. The Morgan fingerprint density at radius 1 is 1.29 bits per heavy atom. The van der Waals surface area contributed by atoms with Gasteiger partial charge in [0, 0.05) is 51.7 Å². The lowest BCUT2D eigenvalue weighted by Crippen LogP contribution is -2.45. The molecule has 1 N–H and O–H groups in total. The molecule has 6 nitrogen and oxygen atoms in total. The van der Waals surface area contributed by atoms with Crippen LogP contribution in [0.2, 0.25) is 0 Å². The highest BCUT2D eigenvalue weighted by Crippen LogP contribution is 2.23. The first-order valence-electron chi connectivity index (χ1n) is 8.81. The molecule has 1 aromatic rings. The highest BCUT2D eigenvalue weighted by Gasteiger charge is 2.24. The number of nitrogens with one attached hydrogen (secondary N) is 1. The van der Waals surface area contributed by atoms with Gasteiger partial charge in [-0.3, -0.25) is 4.79 Å². The highest BCUT2D eigenvalue weighted by atomic mass is 16.5. The minimum Gasteiger partial charge on any atom is -0.381 e. The summed E-state index contributed by atoms with van der Waals surface area (Å²) in [5, 5.41) is 3.06. The van der Waals surface area contributed by atoms with E-state index in [1.807, 2.05) is 10.6 Å². The van der Waals surface area contributed by atoms with E-state index in [-0.39, 0.29) is 17.6 Å². The van der Waals surface area contributed by atoms with Crippen molar-refractivity contribution >= 4 is 6.03 Å². The Bertz CT molecular complexity index is 647. The van der Waals surface area contributed by atoms with Gasteiger partial charge in [-0.1, -0.05) is 6.07 Å². The number of carbonyl (C=O) groups is 1. The topological polar surface area (TPSA) is 63.6 Å². The number of aromatic nitrogens is 1. The van der Waals surface area contributed by atoms with E-state index < -0.39 is 0 Å². The van der Waals surface area contributed by atoms with Crippen molar-refractivity contribution in [3.8, 4) is 0 Å². The third kappa shape index (κ3) is 3.80. The standard InChI is InChI=1S/C18H27N3O3/c1-20(2)18(23)19-15-4-5-16-14(11-15)3-6-17(22)21(16)12-13-7-9-24-10-8-13/h3,6,13,15H,4-5,7-12H2,1-2H3,(H,19,23)/t15-/m0/s1. The first-order chi connectivity index (χ1) is 11.5. The van der Waals surface area contributed by atoms with Crippen molar-refractivity contribution in [3.63, 3.8) is 0 Å². The van der Waals surface area contributed by atoms with E-state index >= 15 is 0 Å². The molecular weight excluding hydrogens is 306 g/mol. The summed E-state index contributed by atoms with van der Waals surface area (Å²) in [6.45, 7) is 2.39. The fourth-order valence-corrected chi connectivity index (χ4v) is 3.64. The van der Waals surface area contributed by atoms with Crippen LogP contribution in [0.15, 0.2) is 16.9 Å². The van der Waals surface area contributed by atoms with Crippen LogP contribution in [0.4, 0.5) is 4.79 Å². The number of fused-ring (bicyclic) bond motifs is 1. The van der Waals surface area contributed by atoms with Gasteiger partial charge in [0.1, 0.15) is 0 Å². The van der Waals surface area contributed by atoms with Gasteiger partial charge in [-0.2, -0.15) is 0 Å². The molecule has 1 aromatic heterocycles. The summed E-state index contributed by atoms with van der Waals surface area (Å²) in [6.07, 6.45) is 4.56. The summed E-state index contributed by atoms with van der Waals surface area (Å²) in [4.78, 5) is 25.8. The maximum atomic E-state index is 12.4. The molecule has 1 atom stereocenters. The monoisotopic (exact) mass is 333 g/mol. The van der Waals surface area contributed by atoms with Crippen molar-refractivity contribution in [2.45, 2.75) is 44.7 Å². The van der Waals surface area contributed by atoms with Crippen LogP contribution >= 0.6 is 0 Å². The molecule has 24 heavy (non-hydrogen) atoms. The molecule has 2 heterocycles. The minimum atomic E-state index is -0.0565. The van der Waals surface area contributed by atoms with Crippen LogP contribution in [0.25, 0.3) is 0 Å². The van der Waals surface area contributed by atoms with Gasteiger partial charge in [0.25, 0.3) is 5.56 Å². The second kappa shape index (κ2) is 7.38. The normalized spacial score (nSPS) is 21.2. The molecule has 2 amide bonds. The maximum absolute atomic E-state index is 12.4. The summed E-state index contributed by atoms with van der Waals surface area (Å²) >= 11 is 0. The first-order valence-corrected chi connectivity index (χ1v) is 8.81. The van der Waals surface area contributed by atoms with E-state index in [0.29, 0.717) is 5.92 Å². The Morgan fingerprint density at radius 3 is 2.75 bits per heavy atom. The van der Waals surface area contributed by atoms with Crippen LogP contribution < -0.4 is 10.9 Å². The van der Waals surface area contributed by atoms with Crippen molar-refractivity contribution in [1.29, 1.82) is 0 Å². The van der Waals surface area contributed by atoms with E-state index in [1.165, 1.54) is 5.56 Å². The Hall–Kier alpha value is -1.82. The number of carbonyl (C=O) groups excluding carboxylic acids is 1. The summed E-state index contributed by atoms with van der Waals surface area (Å²) in [7, 11) is 3.50. The lowest BCUT2D eigenvalue weighted by Gasteiger charge is -2.30. The number of hydrogen-bond acceptors (Lipinski definition) is 3. The van der Waals surface area contributed by atoms with Crippen LogP contribution in [-0.2, 0) is 24.1 Å². The SMILES string of the molecule is CN(C)C(=O)N[C@H]1CCc2c(ccc(=O)n2CC2CCOCC2)C1. The molecule has 0 spiro atoms. The van der Waals surface area contributed by atoms with Crippen molar-refractivity contribution in [3.05, 3.63) is 33.7 Å². The van der Waals surface area contributed by atoms with Crippen LogP contribution in [0.5, 0.6) is 0 Å². The van der Waals surface area contributed by atoms with E-state index in [2.05, 4.69) is 5.32 Å². The van der Waals surface area contributed by atoms with Crippen molar-refractivity contribution in [2.75, 3.05) is 27.3 Å². The number of rotatable bonds is 3. The lowest BCUT2D eigenvalue weighted by molar-refractivity contribution is 0.0606. The minimum absolute atomic E-state index is 0.0565. The summed E-state index contributed by atoms with van der Waals surface area (Å²) in [5.74, 6) is 0.522. The maximum Gasteiger partial charge on any atom is 0.317 e. The van der Waals surface area contributed by atoms with Crippen LogP contribution in [0, 0.1) is 5.92 Å². The number of hydrogen-bond donors (Lipinski definition) is 1. The molecule has 1 aliphatic heterocycles. The summed E-state index contributed by atoms with van der Waals surface area (Å²) < 4.78 is 7.39. The Balaban J connectivity index is 1.74. The van der Waals surface area contributed by atoms with Crippen LogP contribution in [-0.4, -0.2) is 48.8 Å². The summed E-state index contributed by atoms with van der Waals surface area (Å²) in [6, 6.07) is 3.70. The van der Waals surface area contributed by atoms with Gasteiger partial charge >= 0.3 is 6.03 Å². The van der Waals surface area contributed by atoms with Crippen molar-refractivity contribution in [2.24, 2.45) is 5.92 Å². The third-order valence-corrected chi connectivity index (χ3v) is 5.10. The Labute approximate surface area is 142 Å². The molecule has 1 saturated heterocycles. The largest absolute Gasteiger partial charge is 0.381 e. The molecular formula is C18H27N3O3. The van der Waals surface area contributed by atoms with Gasteiger partial charge in [0.2, 0.25) is 0 Å². The number of amides is 2. The average molecular weight is 333 g/mol. The van der Waals surface area contributed by atoms with Gasteiger partial charge in [-0.15, -0.1) is 0 Å². The van der Waals surface area contributed by atoms with Gasteiger partial charge in [-0.25, -0.2) is 4.79 Å². The van der Waals surface area contributed by atoms with Gasteiger partial charge in [-0.05, 0) is 43.6 Å². The average Bonchev–Trinajstić information content (AvgIpc) is 2.58. The summed E-state index contributed by atoms with van der Waals surface area (Å²) in [5.41, 5.74) is 2.44. The number of nitrogens with zero attached hydrogens (tertiary/aromatic N) is 2. The van der Waals surface area contributed by atoms with Crippen molar-refractivity contribution < 1.29 is 9.53 Å². The predicted molar refractivity (Wildman–Crippen MR) is 92.3 cm³/mol. The molecule has 1 aliphatic carbocycles.